The maximum Gasteiger partial charge on any atom is 0.129 e. The van der Waals surface area contributed by atoms with Crippen molar-refractivity contribution in [1.82, 2.24) is 0 Å². The van der Waals surface area contributed by atoms with Gasteiger partial charge >= 0.3 is 0 Å². The van der Waals surface area contributed by atoms with Crippen LogP contribution < -0.4 is 16.7 Å². The van der Waals surface area contributed by atoms with Gasteiger partial charge in [-0.15, -0.1) is 0 Å². The SMILES string of the molecule is C=C(OCC)c1cc(Cl)ccc1N(N)/C=N\N. The summed E-state index contributed by atoms with van der Waals surface area (Å²) in [6.45, 7) is 6.21. The first-order valence-corrected chi connectivity index (χ1v) is 5.36. The minimum absolute atomic E-state index is 0.492. The van der Waals surface area contributed by atoms with Crippen LogP contribution in [0.25, 0.3) is 5.76 Å². The number of nitrogens with two attached hydrogens (primary N) is 2. The van der Waals surface area contributed by atoms with Crippen LogP contribution >= 0.6 is 11.6 Å². The molecule has 0 atom stereocenters. The molecule has 0 radical (unpaired) electrons. The molecule has 92 valence electrons. The van der Waals surface area contributed by atoms with E-state index >= 15 is 0 Å². The van der Waals surface area contributed by atoms with E-state index in [0.29, 0.717) is 28.6 Å². The largest absolute Gasteiger partial charge is 0.494 e. The highest BCUT2D eigenvalue weighted by molar-refractivity contribution is 6.30. The maximum atomic E-state index is 5.93. The first-order valence-electron chi connectivity index (χ1n) is 4.99. The van der Waals surface area contributed by atoms with Crippen molar-refractivity contribution in [2.24, 2.45) is 16.8 Å². The van der Waals surface area contributed by atoms with Crippen molar-refractivity contribution in [3.63, 3.8) is 0 Å². The molecule has 0 fully saturated rings. The fourth-order valence-electron chi connectivity index (χ4n) is 1.34. The number of hydrogen-bond donors (Lipinski definition) is 2. The molecule has 4 N–H and O–H groups in total. The Morgan fingerprint density at radius 3 is 2.94 bits per heavy atom. The third-order valence-electron chi connectivity index (χ3n) is 2.05. The van der Waals surface area contributed by atoms with Crippen molar-refractivity contribution in [3.05, 3.63) is 35.4 Å². The zero-order valence-electron chi connectivity index (χ0n) is 9.56. The molecule has 0 spiro atoms. The van der Waals surface area contributed by atoms with Crippen LogP contribution in [0.3, 0.4) is 0 Å². The van der Waals surface area contributed by atoms with Gasteiger partial charge in [-0.3, -0.25) is 5.01 Å². The molecule has 1 rings (SSSR count). The fourth-order valence-corrected chi connectivity index (χ4v) is 1.51. The lowest BCUT2D eigenvalue weighted by molar-refractivity contribution is 0.299. The summed E-state index contributed by atoms with van der Waals surface area (Å²) in [5.74, 6) is 11.3. The minimum Gasteiger partial charge on any atom is -0.494 e. The Balaban J connectivity index is 3.16. The molecular weight excluding hydrogens is 240 g/mol. The Labute approximate surface area is 105 Å². The zero-order valence-corrected chi connectivity index (χ0v) is 10.3. The van der Waals surface area contributed by atoms with Gasteiger partial charge < -0.3 is 10.6 Å². The third kappa shape index (κ3) is 3.37. The van der Waals surface area contributed by atoms with Crippen LogP contribution in [-0.4, -0.2) is 12.9 Å². The average Bonchev–Trinajstić information content (AvgIpc) is 2.29. The number of rotatable bonds is 5. The van der Waals surface area contributed by atoms with Gasteiger partial charge in [0.15, 0.2) is 0 Å². The first-order chi connectivity index (χ1) is 8.10. The maximum absolute atomic E-state index is 5.93. The summed E-state index contributed by atoms with van der Waals surface area (Å²) in [7, 11) is 0. The third-order valence-corrected chi connectivity index (χ3v) is 2.28. The van der Waals surface area contributed by atoms with Crippen LogP contribution in [0.15, 0.2) is 29.9 Å². The highest BCUT2D eigenvalue weighted by Crippen LogP contribution is 2.28. The van der Waals surface area contributed by atoms with Crippen molar-refractivity contribution in [3.8, 4) is 0 Å². The quantitative estimate of drug-likeness (QED) is 0.277. The molecule has 0 aliphatic heterocycles. The van der Waals surface area contributed by atoms with E-state index in [2.05, 4.69) is 11.7 Å². The molecule has 6 heteroatoms. The topological polar surface area (TPSA) is 76.9 Å². The molecule has 17 heavy (non-hydrogen) atoms. The van der Waals surface area contributed by atoms with Crippen molar-refractivity contribution in [2.45, 2.75) is 6.92 Å². The van der Waals surface area contributed by atoms with E-state index in [0.717, 1.165) is 0 Å². The van der Waals surface area contributed by atoms with Crippen molar-refractivity contribution in [1.29, 1.82) is 0 Å². The number of benzene rings is 1. The summed E-state index contributed by atoms with van der Waals surface area (Å²) in [5.41, 5.74) is 1.35. The van der Waals surface area contributed by atoms with Gasteiger partial charge in [0, 0.05) is 10.6 Å². The second-order valence-electron chi connectivity index (χ2n) is 3.19. The van der Waals surface area contributed by atoms with E-state index in [1.54, 1.807) is 18.2 Å². The molecule has 0 aliphatic rings. The molecular formula is C11H15ClN4O. The van der Waals surface area contributed by atoms with E-state index in [4.69, 9.17) is 28.0 Å². The standard InChI is InChI=1S/C11H15ClN4O/c1-3-17-8(2)10-6-9(12)4-5-11(10)16(14)7-15-13/h4-7H,2-3,13-14H2,1H3/b15-7-. The summed E-state index contributed by atoms with van der Waals surface area (Å²) in [4.78, 5) is 0. The molecule has 0 saturated carbocycles. The van der Waals surface area contributed by atoms with Gasteiger partial charge in [0.05, 0.1) is 12.3 Å². The van der Waals surface area contributed by atoms with Gasteiger partial charge in [0.25, 0.3) is 0 Å². The average molecular weight is 255 g/mol. The molecule has 5 nitrogen and oxygen atoms in total. The van der Waals surface area contributed by atoms with Gasteiger partial charge in [-0.25, -0.2) is 5.84 Å². The zero-order chi connectivity index (χ0) is 12.8. The minimum atomic E-state index is 0.492. The van der Waals surface area contributed by atoms with Crippen molar-refractivity contribution in [2.75, 3.05) is 11.6 Å². The predicted octanol–water partition coefficient (Wildman–Crippen LogP) is 1.93. The van der Waals surface area contributed by atoms with Crippen LogP contribution in [-0.2, 0) is 4.74 Å². The Hall–Kier alpha value is -1.72. The van der Waals surface area contributed by atoms with Crippen molar-refractivity contribution < 1.29 is 4.74 Å². The summed E-state index contributed by atoms with van der Waals surface area (Å²) < 4.78 is 5.34. The number of hydrogen-bond acceptors (Lipinski definition) is 4. The number of nitrogens with zero attached hydrogens (tertiary/aromatic N) is 2. The van der Waals surface area contributed by atoms with E-state index in [1.165, 1.54) is 11.3 Å². The molecule has 0 aromatic heterocycles. The number of anilines is 1. The van der Waals surface area contributed by atoms with Gasteiger partial charge in [-0.1, -0.05) is 18.2 Å². The number of ether oxygens (including phenoxy) is 1. The normalized spacial score (nSPS) is 10.5. The highest BCUT2D eigenvalue weighted by atomic mass is 35.5. The molecule has 1 aromatic carbocycles. The Bertz CT molecular complexity index is 433. The number of halogens is 1. The number of hydrazone groups is 1. The van der Waals surface area contributed by atoms with E-state index in [-0.39, 0.29) is 0 Å². The lowest BCUT2D eigenvalue weighted by Crippen LogP contribution is -2.30. The molecule has 0 heterocycles. The smallest absolute Gasteiger partial charge is 0.129 e. The van der Waals surface area contributed by atoms with E-state index in [9.17, 15) is 0 Å². The van der Waals surface area contributed by atoms with Gasteiger partial charge in [-0.05, 0) is 25.1 Å². The van der Waals surface area contributed by atoms with Gasteiger partial charge in [0.2, 0.25) is 0 Å². The molecule has 0 amide bonds. The lowest BCUT2D eigenvalue weighted by atomic mass is 10.1. The fraction of sp³-hybridized carbons (Fsp3) is 0.182. The summed E-state index contributed by atoms with van der Waals surface area (Å²) in [6.07, 6.45) is 1.28. The van der Waals surface area contributed by atoms with Crippen LogP contribution in [0.4, 0.5) is 5.69 Å². The summed E-state index contributed by atoms with van der Waals surface area (Å²) in [6, 6.07) is 5.17. The van der Waals surface area contributed by atoms with Crippen LogP contribution in [0.1, 0.15) is 12.5 Å². The first kappa shape index (κ1) is 13.3. The van der Waals surface area contributed by atoms with E-state index in [1.807, 2.05) is 6.92 Å². The van der Waals surface area contributed by atoms with Gasteiger partial charge in [0.1, 0.15) is 12.1 Å². The van der Waals surface area contributed by atoms with Crippen molar-refractivity contribution >= 4 is 29.4 Å². The number of hydrazine groups is 1. The molecule has 0 bridgehead atoms. The molecule has 1 aromatic rings. The summed E-state index contributed by atoms with van der Waals surface area (Å²) in [5, 5.41) is 5.20. The molecule has 0 saturated heterocycles. The Morgan fingerprint density at radius 1 is 1.65 bits per heavy atom. The summed E-state index contributed by atoms with van der Waals surface area (Å²) >= 11 is 5.93. The van der Waals surface area contributed by atoms with Crippen LogP contribution in [0.5, 0.6) is 0 Å². The van der Waals surface area contributed by atoms with Crippen LogP contribution in [0.2, 0.25) is 5.02 Å². The van der Waals surface area contributed by atoms with E-state index < -0.39 is 0 Å². The monoisotopic (exact) mass is 254 g/mol. The second-order valence-corrected chi connectivity index (χ2v) is 3.63. The van der Waals surface area contributed by atoms with Crippen LogP contribution in [0, 0.1) is 0 Å². The Morgan fingerprint density at radius 2 is 2.35 bits per heavy atom. The molecule has 0 aliphatic carbocycles. The second kappa shape index (κ2) is 6.12. The van der Waals surface area contributed by atoms with Gasteiger partial charge in [-0.2, -0.15) is 5.10 Å². The highest BCUT2D eigenvalue weighted by Gasteiger charge is 2.11. The molecule has 0 unspecified atom stereocenters. The lowest BCUT2D eigenvalue weighted by Gasteiger charge is -2.18. The Kier molecular flexibility index (Phi) is 4.81. The predicted molar refractivity (Wildman–Crippen MR) is 71.5 cm³/mol.